The number of fused-ring (bicyclic) bond motifs is 1. The van der Waals surface area contributed by atoms with Crippen molar-refractivity contribution in [3.8, 4) is 0 Å². The number of hydrogen-bond acceptors (Lipinski definition) is 3. The van der Waals surface area contributed by atoms with Crippen LogP contribution in [-0.2, 0) is 17.1 Å². The van der Waals surface area contributed by atoms with Crippen molar-refractivity contribution >= 4 is 26.7 Å². The van der Waals surface area contributed by atoms with E-state index >= 15 is 0 Å². The molecule has 1 N–H and O–H groups in total. The number of aromatic nitrogens is 2. The Kier molecular flexibility index (Phi) is 3.17. The van der Waals surface area contributed by atoms with Gasteiger partial charge >= 0.3 is 0 Å². The van der Waals surface area contributed by atoms with Crippen LogP contribution >= 0.6 is 0 Å². The molecular weight excluding hydrogens is 286 g/mol. The highest BCUT2D eigenvalue weighted by Gasteiger charge is 2.15. The summed E-state index contributed by atoms with van der Waals surface area (Å²) in [5.74, 6) is 0. The minimum absolute atomic E-state index is 0.204. The molecule has 1 aromatic heterocycles. The molecule has 21 heavy (non-hydrogen) atoms. The van der Waals surface area contributed by atoms with Crippen molar-refractivity contribution in [2.45, 2.75) is 11.8 Å². The van der Waals surface area contributed by atoms with Gasteiger partial charge in [-0.3, -0.25) is 4.72 Å². The zero-order valence-corrected chi connectivity index (χ0v) is 12.6. The minimum Gasteiger partial charge on any atom is -0.334 e. The van der Waals surface area contributed by atoms with Crippen molar-refractivity contribution in [3.05, 3.63) is 54.4 Å². The minimum atomic E-state index is -3.61. The summed E-state index contributed by atoms with van der Waals surface area (Å²) in [5.41, 5.74) is 3.10. The molecule has 0 fully saturated rings. The van der Waals surface area contributed by atoms with Gasteiger partial charge in [-0.05, 0) is 42.8 Å². The average Bonchev–Trinajstić information content (AvgIpc) is 2.79. The van der Waals surface area contributed by atoms with Crippen LogP contribution in [0.25, 0.3) is 11.0 Å². The summed E-state index contributed by atoms with van der Waals surface area (Å²) in [4.78, 5) is 4.39. The monoisotopic (exact) mass is 301 g/mol. The summed E-state index contributed by atoms with van der Waals surface area (Å²) in [6, 6.07) is 12.2. The average molecular weight is 301 g/mol. The standard InChI is InChI=1S/C15H15N3O2S/c1-11-4-3-5-12(8-11)17-21(19,20)13-6-7-15-14(9-13)16-10-18(15)2/h3-10,17H,1-2H3. The Morgan fingerprint density at radius 2 is 1.95 bits per heavy atom. The lowest BCUT2D eigenvalue weighted by atomic mass is 10.2. The van der Waals surface area contributed by atoms with Gasteiger partial charge in [0.1, 0.15) is 0 Å². The zero-order valence-electron chi connectivity index (χ0n) is 11.7. The van der Waals surface area contributed by atoms with Gasteiger partial charge in [-0.2, -0.15) is 0 Å². The SMILES string of the molecule is Cc1cccc(NS(=O)(=O)c2ccc3c(c2)ncn3C)c1. The first kappa shape index (κ1) is 13.6. The highest BCUT2D eigenvalue weighted by Crippen LogP contribution is 2.20. The predicted octanol–water partition coefficient (Wildman–Crippen LogP) is 2.68. The molecule has 0 aliphatic carbocycles. The molecule has 3 aromatic rings. The number of nitrogens with one attached hydrogen (secondary N) is 1. The van der Waals surface area contributed by atoms with Crippen LogP contribution in [-0.4, -0.2) is 18.0 Å². The lowest BCUT2D eigenvalue weighted by Crippen LogP contribution is -2.12. The highest BCUT2D eigenvalue weighted by atomic mass is 32.2. The van der Waals surface area contributed by atoms with Gasteiger partial charge in [0.25, 0.3) is 10.0 Å². The maximum absolute atomic E-state index is 12.4. The van der Waals surface area contributed by atoms with E-state index in [1.54, 1.807) is 36.7 Å². The van der Waals surface area contributed by atoms with Crippen molar-refractivity contribution in [2.75, 3.05) is 4.72 Å². The molecule has 1 heterocycles. The molecule has 0 saturated heterocycles. The number of benzene rings is 2. The van der Waals surface area contributed by atoms with Gasteiger partial charge in [0.05, 0.1) is 22.3 Å². The molecule has 0 aliphatic heterocycles. The molecule has 0 amide bonds. The molecule has 2 aromatic carbocycles. The summed E-state index contributed by atoms with van der Waals surface area (Å²) in [7, 11) is -1.74. The van der Waals surface area contributed by atoms with E-state index in [1.807, 2.05) is 30.7 Å². The summed E-state index contributed by atoms with van der Waals surface area (Å²) in [5, 5.41) is 0. The van der Waals surface area contributed by atoms with E-state index in [1.165, 1.54) is 0 Å². The number of rotatable bonds is 3. The van der Waals surface area contributed by atoms with Gasteiger partial charge in [0.15, 0.2) is 0 Å². The second-order valence-electron chi connectivity index (χ2n) is 4.98. The van der Waals surface area contributed by atoms with Crippen molar-refractivity contribution < 1.29 is 8.42 Å². The molecule has 6 heteroatoms. The molecule has 5 nitrogen and oxygen atoms in total. The summed E-state index contributed by atoms with van der Waals surface area (Å²) < 4.78 is 29.3. The maximum Gasteiger partial charge on any atom is 0.261 e. The van der Waals surface area contributed by atoms with E-state index in [2.05, 4.69) is 9.71 Å². The van der Waals surface area contributed by atoms with Gasteiger partial charge < -0.3 is 4.57 Å². The third-order valence-corrected chi connectivity index (χ3v) is 4.66. The van der Waals surface area contributed by atoms with Crippen LogP contribution in [0.3, 0.4) is 0 Å². The molecule has 0 atom stereocenters. The summed E-state index contributed by atoms with van der Waals surface area (Å²) in [6.07, 6.45) is 1.66. The van der Waals surface area contributed by atoms with E-state index < -0.39 is 10.0 Å². The third-order valence-electron chi connectivity index (χ3n) is 3.28. The second kappa shape index (κ2) is 4.89. The normalized spacial score (nSPS) is 11.7. The number of imidazole rings is 1. The predicted molar refractivity (Wildman–Crippen MR) is 82.7 cm³/mol. The number of hydrogen-bond donors (Lipinski definition) is 1. The molecular formula is C15H15N3O2S. The van der Waals surface area contributed by atoms with Gasteiger partial charge in [0, 0.05) is 12.7 Å². The smallest absolute Gasteiger partial charge is 0.261 e. The Morgan fingerprint density at radius 3 is 2.71 bits per heavy atom. The summed E-state index contributed by atoms with van der Waals surface area (Å²) in [6.45, 7) is 1.91. The number of nitrogens with zero attached hydrogens (tertiary/aromatic N) is 2. The fourth-order valence-corrected chi connectivity index (χ4v) is 3.27. The Hall–Kier alpha value is -2.34. The van der Waals surface area contributed by atoms with Gasteiger partial charge in [0.2, 0.25) is 0 Å². The summed E-state index contributed by atoms with van der Waals surface area (Å²) >= 11 is 0. The van der Waals surface area contributed by atoms with Crippen LogP contribution < -0.4 is 4.72 Å². The van der Waals surface area contributed by atoms with Crippen LogP contribution in [0.4, 0.5) is 5.69 Å². The van der Waals surface area contributed by atoms with Crippen LogP contribution in [0.2, 0.25) is 0 Å². The molecule has 108 valence electrons. The fourth-order valence-electron chi connectivity index (χ4n) is 2.21. The van der Waals surface area contributed by atoms with E-state index in [4.69, 9.17) is 0 Å². The first-order valence-corrected chi connectivity index (χ1v) is 7.94. The van der Waals surface area contributed by atoms with Gasteiger partial charge in [-0.1, -0.05) is 12.1 Å². The van der Waals surface area contributed by atoms with Crippen LogP contribution in [0.5, 0.6) is 0 Å². The lowest BCUT2D eigenvalue weighted by molar-refractivity contribution is 0.601. The molecule has 0 spiro atoms. The van der Waals surface area contributed by atoms with Crippen molar-refractivity contribution in [2.24, 2.45) is 7.05 Å². The van der Waals surface area contributed by atoms with Crippen molar-refractivity contribution in [1.29, 1.82) is 0 Å². The molecule has 3 rings (SSSR count). The quantitative estimate of drug-likeness (QED) is 0.809. The van der Waals surface area contributed by atoms with E-state index in [0.29, 0.717) is 11.2 Å². The number of anilines is 1. The zero-order chi connectivity index (χ0) is 15.0. The Balaban J connectivity index is 1.99. The number of sulfonamides is 1. The third kappa shape index (κ3) is 2.62. The van der Waals surface area contributed by atoms with Gasteiger partial charge in [-0.15, -0.1) is 0 Å². The van der Waals surface area contributed by atoms with Crippen LogP contribution in [0, 0.1) is 6.92 Å². The highest BCUT2D eigenvalue weighted by molar-refractivity contribution is 7.92. The molecule has 0 bridgehead atoms. The van der Waals surface area contributed by atoms with Gasteiger partial charge in [-0.25, -0.2) is 13.4 Å². The van der Waals surface area contributed by atoms with Crippen molar-refractivity contribution in [3.63, 3.8) is 0 Å². The topological polar surface area (TPSA) is 64.0 Å². The Morgan fingerprint density at radius 1 is 1.14 bits per heavy atom. The number of aryl methyl sites for hydroxylation is 2. The van der Waals surface area contributed by atoms with Crippen molar-refractivity contribution in [1.82, 2.24) is 9.55 Å². The Bertz CT molecular complexity index is 914. The molecule has 0 radical (unpaired) electrons. The molecule has 0 aliphatic rings. The first-order valence-electron chi connectivity index (χ1n) is 6.46. The first-order chi connectivity index (χ1) is 9.95. The van der Waals surface area contributed by atoms with E-state index in [-0.39, 0.29) is 4.90 Å². The second-order valence-corrected chi connectivity index (χ2v) is 6.66. The fraction of sp³-hybridized carbons (Fsp3) is 0.133. The molecule has 0 unspecified atom stereocenters. The largest absolute Gasteiger partial charge is 0.334 e. The van der Waals surface area contributed by atoms with E-state index in [9.17, 15) is 8.42 Å². The van der Waals surface area contributed by atoms with E-state index in [0.717, 1.165) is 11.1 Å². The van der Waals surface area contributed by atoms with Crippen LogP contribution in [0.15, 0.2) is 53.7 Å². The van der Waals surface area contributed by atoms with Crippen LogP contribution in [0.1, 0.15) is 5.56 Å². The maximum atomic E-state index is 12.4. The lowest BCUT2D eigenvalue weighted by Gasteiger charge is -2.08. The Labute approximate surface area is 123 Å². The molecule has 0 saturated carbocycles.